The standard InChI is InChI=1S/C22H24ClN3O5S/c1-29-19-11-15(3-4-18(19)25-6-8-30-9-7-25)26-16(13-31-22(26)28)12-24-21(27)17-10-14(23)2-5-20(17)32/h2-5,10-11,16,32H,6-9,12-13H2,1H3,(H,24,27). The van der Waals surface area contributed by atoms with Crippen LogP contribution in [0.2, 0.25) is 5.02 Å². The number of ether oxygens (including phenoxy) is 3. The van der Waals surface area contributed by atoms with Crippen molar-refractivity contribution in [3.63, 3.8) is 0 Å². The monoisotopic (exact) mass is 477 g/mol. The molecule has 2 aromatic rings. The Bertz CT molecular complexity index is 1020. The molecule has 4 rings (SSSR count). The zero-order valence-corrected chi connectivity index (χ0v) is 19.2. The number of hydrogen-bond acceptors (Lipinski definition) is 7. The van der Waals surface area contributed by atoms with Crippen LogP contribution < -0.4 is 19.9 Å². The van der Waals surface area contributed by atoms with Gasteiger partial charge in [-0.3, -0.25) is 9.69 Å². The Balaban J connectivity index is 1.50. The normalized spacial score (nSPS) is 18.5. The van der Waals surface area contributed by atoms with Crippen LogP contribution in [0.1, 0.15) is 10.4 Å². The zero-order chi connectivity index (χ0) is 22.7. The number of amides is 2. The molecule has 2 aromatic carbocycles. The molecule has 2 aliphatic rings. The molecule has 2 amide bonds. The van der Waals surface area contributed by atoms with Crippen LogP contribution in [-0.4, -0.2) is 64.6 Å². The minimum Gasteiger partial charge on any atom is -0.495 e. The summed E-state index contributed by atoms with van der Waals surface area (Å²) < 4.78 is 16.3. The van der Waals surface area contributed by atoms with E-state index < -0.39 is 6.09 Å². The number of anilines is 2. The lowest BCUT2D eigenvalue weighted by atomic mass is 10.1. The van der Waals surface area contributed by atoms with E-state index in [2.05, 4.69) is 22.8 Å². The van der Waals surface area contributed by atoms with E-state index in [4.69, 9.17) is 25.8 Å². The summed E-state index contributed by atoms with van der Waals surface area (Å²) in [7, 11) is 1.60. The molecule has 1 atom stereocenters. The van der Waals surface area contributed by atoms with Crippen molar-refractivity contribution in [2.45, 2.75) is 10.9 Å². The second-order valence-electron chi connectivity index (χ2n) is 7.43. The van der Waals surface area contributed by atoms with Gasteiger partial charge < -0.3 is 24.4 Å². The molecule has 0 bridgehead atoms. The topological polar surface area (TPSA) is 80.3 Å². The zero-order valence-electron chi connectivity index (χ0n) is 17.5. The summed E-state index contributed by atoms with van der Waals surface area (Å²) >= 11 is 10.3. The first kappa shape index (κ1) is 22.6. The molecule has 0 aliphatic carbocycles. The van der Waals surface area contributed by atoms with Crippen LogP contribution in [0.4, 0.5) is 16.2 Å². The van der Waals surface area contributed by atoms with Crippen LogP contribution in [0.5, 0.6) is 5.75 Å². The Hall–Kier alpha value is -2.62. The maximum atomic E-state index is 12.6. The fourth-order valence-electron chi connectivity index (χ4n) is 3.80. The highest BCUT2D eigenvalue weighted by Crippen LogP contribution is 2.35. The number of carbonyl (C=O) groups is 2. The predicted molar refractivity (Wildman–Crippen MR) is 125 cm³/mol. The predicted octanol–water partition coefficient (Wildman–Crippen LogP) is 3.23. The summed E-state index contributed by atoms with van der Waals surface area (Å²) in [6, 6.07) is 10.1. The van der Waals surface area contributed by atoms with Crippen LogP contribution in [0, 0.1) is 0 Å². The number of nitrogens with zero attached hydrogens (tertiary/aromatic N) is 2. The maximum Gasteiger partial charge on any atom is 0.414 e. The van der Waals surface area contributed by atoms with Gasteiger partial charge in [0.15, 0.2) is 0 Å². The number of thiol groups is 1. The molecule has 8 nitrogen and oxygen atoms in total. The number of morpholine rings is 1. The van der Waals surface area contributed by atoms with E-state index in [9.17, 15) is 9.59 Å². The highest BCUT2D eigenvalue weighted by Gasteiger charge is 2.35. The van der Waals surface area contributed by atoms with E-state index >= 15 is 0 Å². The van der Waals surface area contributed by atoms with Crippen LogP contribution in [0.15, 0.2) is 41.3 Å². The molecule has 170 valence electrons. The first-order chi connectivity index (χ1) is 15.5. The molecule has 0 radical (unpaired) electrons. The van der Waals surface area contributed by atoms with Gasteiger partial charge in [-0.25, -0.2) is 4.79 Å². The third-order valence-electron chi connectivity index (χ3n) is 5.46. The van der Waals surface area contributed by atoms with Crippen LogP contribution in [0.25, 0.3) is 0 Å². The van der Waals surface area contributed by atoms with E-state index in [1.165, 1.54) is 4.90 Å². The minimum absolute atomic E-state index is 0.163. The largest absolute Gasteiger partial charge is 0.495 e. The Morgan fingerprint density at radius 3 is 2.78 bits per heavy atom. The number of methoxy groups -OCH3 is 1. The molecular weight excluding hydrogens is 454 g/mol. The molecule has 2 aliphatic heterocycles. The lowest BCUT2D eigenvalue weighted by Gasteiger charge is -2.31. The number of halogens is 1. The van der Waals surface area contributed by atoms with E-state index in [-0.39, 0.29) is 25.1 Å². The number of carbonyl (C=O) groups excluding carboxylic acids is 2. The summed E-state index contributed by atoms with van der Waals surface area (Å²) in [4.78, 5) is 29.3. The fraction of sp³-hybridized carbons (Fsp3) is 0.364. The minimum atomic E-state index is -0.469. The number of benzene rings is 2. The van der Waals surface area contributed by atoms with Gasteiger partial charge in [0.05, 0.1) is 43.3 Å². The molecule has 1 unspecified atom stereocenters. The van der Waals surface area contributed by atoms with E-state index in [1.807, 2.05) is 18.2 Å². The van der Waals surface area contributed by atoms with Crippen molar-refractivity contribution in [1.82, 2.24) is 5.32 Å². The quantitative estimate of drug-likeness (QED) is 0.622. The van der Waals surface area contributed by atoms with Crippen molar-refractivity contribution in [1.29, 1.82) is 0 Å². The fourth-order valence-corrected chi connectivity index (χ4v) is 4.22. The molecule has 32 heavy (non-hydrogen) atoms. The van der Waals surface area contributed by atoms with Crippen molar-refractivity contribution in [3.05, 3.63) is 47.0 Å². The number of cyclic esters (lactones) is 1. The van der Waals surface area contributed by atoms with Gasteiger partial charge in [0.2, 0.25) is 0 Å². The Morgan fingerprint density at radius 1 is 1.25 bits per heavy atom. The Morgan fingerprint density at radius 2 is 2.03 bits per heavy atom. The van der Waals surface area contributed by atoms with Gasteiger partial charge in [-0.2, -0.15) is 0 Å². The smallest absolute Gasteiger partial charge is 0.414 e. The lowest BCUT2D eigenvalue weighted by molar-refractivity contribution is 0.0947. The molecule has 2 fully saturated rings. The Labute approximate surface area is 196 Å². The number of nitrogens with one attached hydrogen (secondary N) is 1. The lowest BCUT2D eigenvalue weighted by Crippen LogP contribution is -2.43. The van der Waals surface area contributed by atoms with Gasteiger partial charge in [-0.1, -0.05) is 11.6 Å². The van der Waals surface area contributed by atoms with Crippen molar-refractivity contribution in [2.24, 2.45) is 0 Å². The number of rotatable bonds is 6. The first-order valence-corrected chi connectivity index (χ1v) is 11.0. The highest BCUT2D eigenvalue weighted by molar-refractivity contribution is 7.80. The van der Waals surface area contributed by atoms with E-state index in [0.29, 0.717) is 40.1 Å². The average molecular weight is 478 g/mol. The molecule has 2 saturated heterocycles. The molecule has 0 aromatic heterocycles. The molecule has 10 heteroatoms. The van der Waals surface area contributed by atoms with Gasteiger partial charge in [-0.05, 0) is 30.3 Å². The van der Waals surface area contributed by atoms with E-state index in [0.717, 1.165) is 18.8 Å². The van der Waals surface area contributed by atoms with Gasteiger partial charge >= 0.3 is 6.09 Å². The van der Waals surface area contributed by atoms with Crippen LogP contribution in [-0.2, 0) is 9.47 Å². The molecule has 0 spiro atoms. The van der Waals surface area contributed by atoms with Crippen LogP contribution >= 0.6 is 24.2 Å². The van der Waals surface area contributed by atoms with Crippen molar-refractivity contribution in [2.75, 3.05) is 56.4 Å². The first-order valence-electron chi connectivity index (χ1n) is 10.2. The van der Waals surface area contributed by atoms with Gasteiger partial charge in [-0.15, -0.1) is 12.6 Å². The third kappa shape index (κ3) is 4.74. The third-order valence-corrected chi connectivity index (χ3v) is 6.08. The molecular formula is C22H24ClN3O5S. The van der Waals surface area contributed by atoms with Gasteiger partial charge in [0.25, 0.3) is 5.91 Å². The van der Waals surface area contributed by atoms with Crippen molar-refractivity contribution < 1.29 is 23.8 Å². The van der Waals surface area contributed by atoms with E-state index in [1.54, 1.807) is 25.3 Å². The second kappa shape index (κ2) is 9.89. The molecule has 1 N–H and O–H groups in total. The highest BCUT2D eigenvalue weighted by atomic mass is 35.5. The summed E-state index contributed by atoms with van der Waals surface area (Å²) in [6.07, 6.45) is -0.469. The summed E-state index contributed by atoms with van der Waals surface area (Å²) in [6.45, 7) is 3.23. The molecule has 0 saturated carbocycles. The van der Waals surface area contributed by atoms with Crippen LogP contribution in [0.3, 0.4) is 0 Å². The molecule has 2 heterocycles. The van der Waals surface area contributed by atoms with Crippen molar-refractivity contribution in [3.8, 4) is 5.75 Å². The SMILES string of the molecule is COc1cc(N2C(=O)OCC2CNC(=O)c2cc(Cl)ccc2S)ccc1N1CCOCC1. The number of hydrogen-bond donors (Lipinski definition) is 2. The van der Waals surface area contributed by atoms with Gasteiger partial charge in [0, 0.05) is 35.6 Å². The second-order valence-corrected chi connectivity index (χ2v) is 8.35. The summed E-state index contributed by atoms with van der Waals surface area (Å²) in [5.74, 6) is 0.336. The van der Waals surface area contributed by atoms with Crippen molar-refractivity contribution >= 4 is 47.6 Å². The summed E-state index contributed by atoms with van der Waals surface area (Å²) in [5, 5.41) is 3.29. The Kier molecular flexibility index (Phi) is 6.98. The maximum absolute atomic E-state index is 12.6. The average Bonchev–Trinajstić information content (AvgIpc) is 3.19. The summed E-state index contributed by atoms with van der Waals surface area (Å²) in [5.41, 5.74) is 1.95. The van der Waals surface area contributed by atoms with Gasteiger partial charge in [0.1, 0.15) is 12.4 Å².